The van der Waals surface area contributed by atoms with Crippen LogP contribution in [0.3, 0.4) is 0 Å². The number of hydrogen-bond acceptors (Lipinski definition) is 14. The summed E-state index contributed by atoms with van der Waals surface area (Å²) in [6.45, 7) is -1.55. The van der Waals surface area contributed by atoms with Crippen molar-refractivity contribution in [3.63, 3.8) is 0 Å². The molecule has 0 unspecified atom stereocenters. The minimum atomic E-state index is -5.30. The summed E-state index contributed by atoms with van der Waals surface area (Å²) in [6, 6.07) is 0. The van der Waals surface area contributed by atoms with E-state index in [4.69, 9.17) is 0 Å². The third-order valence-electron chi connectivity index (χ3n) is 2.23. The fourth-order valence-electron chi connectivity index (χ4n) is 1.63. The molecule has 0 amide bonds. The van der Waals surface area contributed by atoms with E-state index in [2.05, 4.69) is 0 Å². The van der Waals surface area contributed by atoms with Gasteiger partial charge in [-0.3, -0.25) is 9.80 Å². The molecule has 0 bridgehead atoms. The monoisotopic (exact) mass is 580 g/mol. The summed E-state index contributed by atoms with van der Waals surface area (Å²) < 4.78 is 42.7. The van der Waals surface area contributed by atoms with Gasteiger partial charge in [0.1, 0.15) is 0 Å². The van der Waals surface area contributed by atoms with Crippen molar-refractivity contribution in [3.8, 4) is 0 Å². The van der Waals surface area contributed by atoms with Crippen LogP contribution >= 0.6 is 30.4 Å². The fourth-order valence-corrected chi connectivity index (χ4v) is 4.88. The van der Waals surface area contributed by atoms with Crippen LogP contribution in [0.25, 0.3) is 0 Å². The largest absolute Gasteiger partial charge is 3.00 e. The molecular formula is C6H12N2O12P4Sm-5. The minimum absolute atomic E-state index is 0. The molecule has 0 spiro atoms. The first-order chi connectivity index (χ1) is 10.4. The molecule has 0 fully saturated rings. The van der Waals surface area contributed by atoms with Crippen LogP contribution < -0.4 is 39.1 Å². The van der Waals surface area contributed by atoms with Gasteiger partial charge in [0.05, 0.1) is 0 Å². The van der Waals surface area contributed by atoms with E-state index < -0.39 is 68.6 Å². The average Bonchev–Trinajstić information content (AvgIpc) is 2.16. The molecule has 0 aromatic heterocycles. The Morgan fingerprint density at radius 3 is 0.760 bits per heavy atom. The normalized spacial score (nSPS) is 14.0. The van der Waals surface area contributed by atoms with Gasteiger partial charge in [-0.15, -0.1) is 0 Å². The van der Waals surface area contributed by atoms with Crippen molar-refractivity contribution in [2.75, 3.05) is 38.2 Å². The molecule has 0 aromatic rings. The van der Waals surface area contributed by atoms with Crippen LogP contribution in [0.15, 0.2) is 0 Å². The summed E-state index contributed by atoms with van der Waals surface area (Å²) in [6.07, 6.45) is -5.63. The molecule has 0 aliphatic carbocycles. The Kier molecular flexibility index (Phi) is 13.0. The maximum atomic E-state index is 10.7. The van der Waals surface area contributed by atoms with Crippen molar-refractivity contribution in [1.29, 1.82) is 0 Å². The van der Waals surface area contributed by atoms with Crippen molar-refractivity contribution in [3.05, 3.63) is 0 Å². The zero-order valence-electron chi connectivity index (χ0n) is 12.2. The molecular weight excluding hydrogens is 566 g/mol. The molecule has 0 aliphatic rings. The quantitative estimate of drug-likeness (QED) is 0.206. The Labute approximate surface area is 175 Å². The Hall–Kier alpha value is 1.86. The Morgan fingerprint density at radius 2 is 0.640 bits per heavy atom. The molecule has 0 saturated carbocycles. The van der Waals surface area contributed by atoms with E-state index >= 15 is 0 Å². The first kappa shape index (κ1) is 29.1. The predicted octanol–water partition coefficient (Wildman–Crippen LogP) is -6.92. The van der Waals surface area contributed by atoms with Gasteiger partial charge in [-0.1, -0.05) is 30.4 Å². The molecule has 149 valence electrons. The van der Waals surface area contributed by atoms with Gasteiger partial charge in [0.25, 0.3) is 0 Å². The maximum Gasteiger partial charge on any atom is 3.00 e. The van der Waals surface area contributed by atoms with Gasteiger partial charge < -0.3 is 57.4 Å². The Bertz CT molecular complexity index is 492. The van der Waals surface area contributed by atoms with Crippen LogP contribution in [-0.2, 0) is 18.3 Å². The van der Waals surface area contributed by atoms with E-state index in [1.54, 1.807) is 0 Å². The second kappa shape index (κ2) is 11.1. The maximum absolute atomic E-state index is 10.7. The first-order valence-electron chi connectivity index (χ1n) is 5.85. The van der Waals surface area contributed by atoms with Crippen LogP contribution in [0.4, 0.5) is 0 Å². The molecule has 0 saturated heterocycles. The predicted molar refractivity (Wildman–Crippen MR) is 63.3 cm³/mol. The molecule has 1 radical (unpaired) electrons. The summed E-state index contributed by atoms with van der Waals surface area (Å²) in [5.74, 6) is 0. The summed E-state index contributed by atoms with van der Waals surface area (Å²) >= 11 is 0. The van der Waals surface area contributed by atoms with Crippen LogP contribution in [0.5, 0.6) is 0 Å². The van der Waals surface area contributed by atoms with Crippen LogP contribution in [0.1, 0.15) is 0 Å². The van der Waals surface area contributed by atoms with E-state index in [-0.39, 0.29) is 40.4 Å². The van der Waals surface area contributed by atoms with Crippen molar-refractivity contribution >= 4 is 30.4 Å². The van der Waals surface area contributed by atoms with E-state index in [1.807, 2.05) is 0 Å². The SMILES string of the molecule is O=P([O-])([O-])CN(CCN(CP(=O)([O-])[O-])CP(=O)([O-])[O-])CP(=O)([O-])[O-].[Sm+3]. The van der Waals surface area contributed by atoms with Gasteiger partial charge in [0, 0.05) is 38.2 Å². The third-order valence-corrected chi connectivity index (χ3v) is 5.21. The molecule has 19 heteroatoms. The third kappa shape index (κ3) is 20.4. The van der Waals surface area contributed by atoms with Gasteiger partial charge >= 0.3 is 40.4 Å². The number of rotatable bonds is 11. The van der Waals surface area contributed by atoms with Crippen molar-refractivity contribution in [2.45, 2.75) is 0 Å². The fraction of sp³-hybridized carbons (Fsp3) is 1.00. The molecule has 0 N–H and O–H groups in total. The second-order valence-electron chi connectivity index (χ2n) is 4.80. The summed E-state index contributed by atoms with van der Waals surface area (Å²) in [4.78, 5) is 85.9. The number of hydrogen-bond donors (Lipinski definition) is 0. The van der Waals surface area contributed by atoms with E-state index in [1.165, 1.54) is 0 Å². The first-order valence-corrected chi connectivity index (χ1v) is 12.8. The van der Waals surface area contributed by atoms with Crippen LogP contribution in [0, 0.1) is 40.4 Å². The van der Waals surface area contributed by atoms with Crippen LogP contribution in [-0.4, -0.2) is 48.0 Å². The second-order valence-corrected chi connectivity index (χ2v) is 10.8. The van der Waals surface area contributed by atoms with Gasteiger partial charge in [0.2, 0.25) is 0 Å². The van der Waals surface area contributed by atoms with E-state index in [0.29, 0.717) is 9.80 Å². The van der Waals surface area contributed by atoms with Crippen LogP contribution in [0.2, 0.25) is 0 Å². The summed E-state index contributed by atoms with van der Waals surface area (Å²) in [5.41, 5.74) is 0. The molecule has 0 aliphatic heterocycles. The molecule has 14 nitrogen and oxygen atoms in total. The average molecular weight is 578 g/mol. The van der Waals surface area contributed by atoms with Gasteiger partial charge in [-0.25, -0.2) is 0 Å². The minimum Gasteiger partial charge on any atom is -0.810 e. The summed E-state index contributed by atoms with van der Waals surface area (Å²) in [5, 5.41) is 0. The molecule has 0 heterocycles. The van der Waals surface area contributed by atoms with Crippen molar-refractivity contribution in [2.24, 2.45) is 0 Å². The summed E-state index contributed by atoms with van der Waals surface area (Å²) in [7, 11) is -21.2. The van der Waals surface area contributed by atoms with Gasteiger partial charge in [-0.05, 0) is 0 Å². The Morgan fingerprint density at radius 1 is 0.480 bits per heavy atom. The molecule has 0 atom stereocenters. The van der Waals surface area contributed by atoms with Gasteiger partial charge in [-0.2, -0.15) is 0 Å². The smallest absolute Gasteiger partial charge is 0.810 e. The van der Waals surface area contributed by atoms with Gasteiger partial charge in [0.15, 0.2) is 0 Å². The molecule has 0 rings (SSSR count). The molecule has 0 aromatic carbocycles. The standard InChI is InChI=1S/C6H20N2O12P4.Sm/c9-21(10,11)3-7(4-22(12,13)14)1-2-8(5-23(15,16)17)6-24(18,19)20;/h1-6H2,(H2,9,10,11)(H2,12,13,14)(H2,15,16,17)(H2,18,19,20);/q;+3/p-8. The molecule has 25 heavy (non-hydrogen) atoms. The zero-order chi connectivity index (χ0) is 19.4. The zero-order valence-corrected chi connectivity index (χ0v) is 18.4. The Balaban J connectivity index is 0. The van der Waals surface area contributed by atoms with Crippen molar-refractivity contribution < 1.29 is 97.8 Å². The van der Waals surface area contributed by atoms with E-state index in [0.717, 1.165) is 0 Å². The topological polar surface area (TPSA) is 259 Å². The van der Waals surface area contributed by atoms with E-state index in [9.17, 15) is 57.4 Å². The van der Waals surface area contributed by atoms with Crippen molar-refractivity contribution in [1.82, 2.24) is 9.80 Å². The number of nitrogens with zero attached hydrogens (tertiary/aromatic N) is 2.